The molecule has 0 aliphatic carbocycles. The van der Waals surface area contributed by atoms with Crippen molar-refractivity contribution in [2.45, 2.75) is 31.7 Å². The van der Waals surface area contributed by atoms with E-state index in [1.807, 2.05) is 19.9 Å². The number of furan rings is 1. The molecule has 0 saturated heterocycles. The third kappa shape index (κ3) is 4.59. The van der Waals surface area contributed by atoms with Crippen LogP contribution in [-0.4, -0.2) is 28.5 Å². The molecule has 31 heavy (non-hydrogen) atoms. The fourth-order valence-corrected chi connectivity index (χ4v) is 4.45. The first-order chi connectivity index (χ1) is 14.6. The van der Waals surface area contributed by atoms with Gasteiger partial charge >= 0.3 is 0 Å². The Bertz CT molecular complexity index is 1200. The number of benzene rings is 2. The minimum Gasteiger partial charge on any atom is -0.495 e. The normalized spacial score (nSPS) is 12.3. The largest absolute Gasteiger partial charge is 0.495 e. The van der Waals surface area contributed by atoms with Crippen LogP contribution in [0.25, 0.3) is 0 Å². The summed E-state index contributed by atoms with van der Waals surface area (Å²) in [6, 6.07) is 14.6. The van der Waals surface area contributed by atoms with Crippen molar-refractivity contribution in [3.63, 3.8) is 0 Å². The van der Waals surface area contributed by atoms with E-state index in [4.69, 9.17) is 9.15 Å². The Morgan fingerprint density at radius 1 is 1.10 bits per heavy atom. The molecule has 0 saturated carbocycles. The molecule has 3 aromatic rings. The molecular weight excluding hydrogens is 416 g/mol. The van der Waals surface area contributed by atoms with Crippen molar-refractivity contribution < 1.29 is 22.4 Å². The number of carbonyl (C=O) groups excluding carboxylic acids is 1. The highest BCUT2D eigenvalue weighted by molar-refractivity contribution is 7.92. The van der Waals surface area contributed by atoms with E-state index in [9.17, 15) is 13.2 Å². The van der Waals surface area contributed by atoms with E-state index in [0.717, 1.165) is 10.1 Å². The third-order valence-corrected chi connectivity index (χ3v) is 6.84. The van der Waals surface area contributed by atoms with Gasteiger partial charge in [0.25, 0.3) is 15.9 Å². The summed E-state index contributed by atoms with van der Waals surface area (Å²) in [5.41, 5.74) is 1.35. The summed E-state index contributed by atoms with van der Waals surface area (Å²) in [5, 5.41) is 2.86. The van der Waals surface area contributed by atoms with E-state index in [1.165, 1.54) is 26.3 Å². The van der Waals surface area contributed by atoms with Gasteiger partial charge in [-0.15, -0.1) is 0 Å². The molecule has 0 aliphatic heterocycles. The van der Waals surface area contributed by atoms with E-state index in [1.54, 1.807) is 43.3 Å². The van der Waals surface area contributed by atoms with Crippen LogP contribution in [0.3, 0.4) is 0 Å². The Morgan fingerprint density at radius 3 is 2.45 bits per heavy atom. The van der Waals surface area contributed by atoms with Crippen LogP contribution in [0.2, 0.25) is 0 Å². The number of nitrogens with one attached hydrogen (secondary N) is 1. The van der Waals surface area contributed by atoms with E-state index in [2.05, 4.69) is 5.32 Å². The molecular formula is C23H26N2O5S. The van der Waals surface area contributed by atoms with Crippen LogP contribution in [0.5, 0.6) is 5.75 Å². The monoisotopic (exact) mass is 442 g/mol. The maximum atomic E-state index is 13.3. The molecule has 0 fully saturated rings. The zero-order valence-electron chi connectivity index (χ0n) is 18.2. The standard InChI is InChI=1S/C23H26N2O5S/c1-15-10-12-18(31(27,28)25(4)20-8-6-7-9-22(20)29-5)14-19(15)23(26)24-17(3)21-13-11-16(2)30-21/h6-14,17H,1-5H3,(H,24,26). The second-order valence-electron chi connectivity index (χ2n) is 7.26. The van der Waals surface area contributed by atoms with E-state index in [-0.39, 0.29) is 22.4 Å². The van der Waals surface area contributed by atoms with Crippen molar-refractivity contribution >= 4 is 21.6 Å². The average molecular weight is 443 g/mol. The highest BCUT2D eigenvalue weighted by Gasteiger charge is 2.25. The molecule has 1 heterocycles. The third-order valence-electron chi connectivity index (χ3n) is 5.07. The second kappa shape index (κ2) is 8.85. The zero-order chi connectivity index (χ0) is 22.8. The van der Waals surface area contributed by atoms with Gasteiger partial charge in [0, 0.05) is 12.6 Å². The summed E-state index contributed by atoms with van der Waals surface area (Å²) in [5.74, 6) is 1.43. The molecule has 1 N–H and O–H groups in total. The summed E-state index contributed by atoms with van der Waals surface area (Å²) in [7, 11) is -0.986. The first kappa shape index (κ1) is 22.4. The Labute approximate surface area is 182 Å². The Balaban J connectivity index is 1.91. The number of sulfonamides is 1. The van der Waals surface area contributed by atoms with Gasteiger partial charge in [0.1, 0.15) is 17.3 Å². The molecule has 1 aromatic heterocycles. The lowest BCUT2D eigenvalue weighted by atomic mass is 10.1. The number of nitrogens with zero attached hydrogens (tertiary/aromatic N) is 1. The fourth-order valence-electron chi connectivity index (χ4n) is 3.22. The maximum Gasteiger partial charge on any atom is 0.264 e. The number of hydrogen-bond acceptors (Lipinski definition) is 5. The van der Waals surface area contributed by atoms with E-state index < -0.39 is 10.0 Å². The number of anilines is 1. The van der Waals surface area contributed by atoms with Crippen LogP contribution in [0.15, 0.2) is 63.9 Å². The molecule has 0 bridgehead atoms. The fraction of sp³-hybridized carbons (Fsp3) is 0.261. The van der Waals surface area contributed by atoms with Crippen molar-refractivity contribution in [3.8, 4) is 5.75 Å². The summed E-state index contributed by atoms with van der Waals surface area (Å²) >= 11 is 0. The molecule has 0 spiro atoms. The predicted octanol–water partition coefficient (Wildman–Crippen LogP) is 4.22. The minimum atomic E-state index is -3.92. The van der Waals surface area contributed by atoms with Crippen molar-refractivity contribution in [2.24, 2.45) is 0 Å². The molecule has 164 valence electrons. The number of aryl methyl sites for hydroxylation is 2. The average Bonchev–Trinajstić information content (AvgIpc) is 3.19. The van der Waals surface area contributed by atoms with Gasteiger partial charge in [0.2, 0.25) is 0 Å². The summed E-state index contributed by atoms with van der Waals surface area (Å²) in [6.45, 7) is 5.40. The zero-order valence-corrected chi connectivity index (χ0v) is 19.0. The number of carbonyl (C=O) groups is 1. The van der Waals surface area contributed by atoms with Crippen LogP contribution < -0.4 is 14.4 Å². The van der Waals surface area contributed by atoms with Crippen molar-refractivity contribution in [1.82, 2.24) is 5.32 Å². The molecule has 7 nitrogen and oxygen atoms in total. The Morgan fingerprint density at radius 2 is 1.81 bits per heavy atom. The second-order valence-corrected chi connectivity index (χ2v) is 9.23. The topological polar surface area (TPSA) is 88.8 Å². The van der Waals surface area contributed by atoms with Gasteiger partial charge in [0.15, 0.2) is 0 Å². The quantitative estimate of drug-likeness (QED) is 0.592. The van der Waals surface area contributed by atoms with E-state index in [0.29, 0.717) is 22.8 Å². The van der Waals surface area contributed by atoms with Gasteiger partial charge in [-0.05, 0) is 62.7 Å². The van der Waals surface area contributed by atoms with Gasteiger partial charge in [-0.2, -0.15) is 0 Å². The molecule has 8 heteroatoms. The molecule has 0 radical (unpaired) electrons. The lowest BCUT2D eigenvalue weighted by Gasteiger charge is -2.22. The van der Waals surface area contributed by atoms with Crippen molar-refractivity contribution in [1.29, 1.82) is 0 Å². The Hall–Kier alpha value is -3.26. The molecule has 1 atom stereocenters. The summed E-state index contributed by atoms with van der Waals surface area (Å²) < 4.78 is 38.5. The smallest absolute Gasteiger partial charge is 0.264 e. The van der Waals surface area contributed by atoms with Gasteiger partial charge in [-0.3, -0.25) is 9.10 Å². The number of rotatable bonds is 7. The molecule has 3 rings (SSSR count). The van der Waals surface area contributed by atoms with Gasteiger partial charge in [-0.1, -0.05) is 18.2 Å². The molecule has 1 amide bonds. The first-order valence-corrected chi connectivity index (χ1v) is 11.2. The molecule has 0 aliphatic rings. The number of ether oxygens (including phenoxy) is 1. The Kier molecular flexibility index (Phi) is 6.40. The predicted molar refractivity (Wildman–Crippen MR) is 119 cm³/mol. The lowest BCUT2D eigenvalue weighted by molar-refractivity contribution is 0.0934. The minimum absolute atomic E-state index is 0.0122. The molecule has 2 aromatic carbocycles. The maximum absolute atomic E-state index is 13.3. The number of methoxy groups -OCH3 is 1. The highest BCUT2D eigenvalue weighted by atomic mass is 32.2. The van der Waals surface area contributed by atoms with Crippen LogP contribution >= 0.6 is 0 Å². The van der Waals surface area contributed by atoms with Crippen LogP contribution in [0.4, 0.5) is 5.69 Å². The summed E-state index contributed by atoms with van der Waals surface area (Å²) in [4.78, 5) is 12.9. The number of hydrogen-bond donors (Lipinski definition) is 1. The number of para-hydroxylation sites is 2. The van der Waals surface area contributed by atoms with Gasteiger partial charge < -0.3 is 14.5 Å². The van der Waals surface area contributed by atoms with Crippen LogP contribution in [0.1, 0.15) is 40.4 Å². The first-order valence-electron chi connectivity index (χ1n) is 9.75. The van der Waals surface area contributed by atoms with E-state index >= 15 is 0 Å². The van der Waals surface area contributed by atoms with Gasteiger partial charge in [0.05, 0.1) is 23.7 Å². The lowest BCUT2D eigenvalue weighted by Crippen LogP contribution is -2.29. The SMILES string of the molecule is COc1ccccc1N(C)S(=O)(=O)c1ccc(C)c(C(=O)NC(C)c2ccc(C)o2)c1. The number of amides is 1. The summed E-state index contributed by atoms with van der Waals surface area (Å²) in [6.07, 6.45) is 0. The highest BCUT2D eigenvalue weighted by Crippen LogP contribution is 2.31. The van der Waals surface area contributed by atoms with Crippen molar-refractivity contribution in [2.75, 3.05) is 18.5 Å². The van der Waals surface area contributed by atoms with Crippen LogP contribution in [-0.2, 0) is 10.0 Å². The van der Waals surface area contributed by atoms with Crippen LogP contribution in [0, 0.1) is 13.8 Å². The van der Waals surface area contributed by atoms with Gasteiger partial charge in [-0.25, -0.2) is 8.42 Å². The van der Waals surface area contributed by atoms with Crippen molar-refractivity contribution in [3.05, 3.63) is 77.2 Å². The molecule has 1 unspecified atom stereocenters.